The molecule has 3 heterocycles. The Labute approximate surface area is 208 Å². The van der Waals surface area contributed by atoms with Crippen molar-refractivity contribution in [1.82, 2.24) is 4.90 Å². The van der Waals surface area contributed by atoms with E-state index in [-0.39, 0.29) is 17.6 Å². The summed E-state index contributed by atoms with van der Waals surface area (Å²) in [6.07, 6.45) is 3.79. The van der Waals surface area contributed by atoms with E-state index in [2.05, 4.69) is 0 Å². The lowest BCUT2D eigenvalue weighted by Crippen LogP contribution is -2.44. The van der Waals surface area contributed by atoms with Gasteiger partial charge in [-0.25, -0.2) is 4.90 Å². The maximum Gasteiger partial charge on any atom is 0.240 e. The van der Waals surface area contributed by atoms with Crippen LogP contribution in [0.25, 0.3) is 6.08 Å². The molecule has 0 bridgehead atoms. The Balaban J connectivity index is 1.49. The van der Waals surface area contributed by atoms with Crippen molar-refractivity contribution in [2.45, 2.75) is 12.1 Å². The lowest BCUT2D eigenvalue weighted by molar-refractivity contribution is -0.123. The van der Waals surface area contributed by atoms with Crippen LogP contribution < -0.4 is 14.4 Å². The second-order valence-corrected chi connectivity index (χ2v) is 9.11. The maximum atomic E-state index is 14.1. The molecule has 0 aromatic heterocycles. The highest BCUT2D eigenvalue weighted by atomic mass is 16.5. The minimum Gasteiger partial charge on any atom is -0.493 e. The highest BCUT2D eigenvalue weighted by molar-refractivity contribution is 6.24. The molecule has 0 spiro atoms. The number of anilines is 1. The number of methoxy groups -OCH3 is 2. The SMILES string of the molecule is COc1ccc(C(=O)[C@@H]2[C@@H]3C(=O)N(c4ccccc4)C(=O)[C@H]3[C@@H]3c4ccccc4C=CN23)cc1OC. The number of benzene rings is 3. The van der Waals surface area contributed by atoms with E-state index in [1.165, 1.54) is 19.1 Å². The van der Waals surface area contributed by atoms with Crippen molar-refractivity contribution in [3.05, 3.63) is 95.7 Å². The number of amides is 2. The predicted molar refractivity (Wildman–Crippen MR) is 134 cm³/mol. The number of para-hydroxylation sites is 1. The standard InChI is InChI=1S/C29H24N2O5/c1-35-21-13-12-18(16-22(21)36-2)27(32)26-24-23(25-20-11-7-6-8-17(20)14-15-30(25)26)28(33)31(29(24)34)19-9-4-3-5-10-19/h3-16,23-26H,1-2H3/t23-,24-,25+,26+/m1/s1. The van der Waals surface area contributed by atoms with Gasteiger partial charge in [-0.2, -0.15) is 0 Å². The van der Waals surface area contributed by atoms with E-state index < -0.39 is 23.9 Å². The van der Waals surface area contributed by atoms with Crippen molar-refractivity contribution < 1.29 is 23.9 Å². The molecule has 3 aliphatic heterocycles. The van der Waals surface area contributed by atoms with Crippen LogP contribution in [-0.4, -0.2) is 42.8 Å². The number of hydrogen-bond donors (Lipinski definition) is 0. The van der Waals surface area contributed by atoms with Crippen molar-refractivity contribution in [1.29, 1.82) is 0 Å². The molecule has 0 N–H and O–H groups in total. The fraction of sp³-hybridized carbons (Fsp3) is 0.207. The third-order valence-electron chi connectivity index (χ3n) is 7.41. The molecule has 3 aromatic rings. The smallest absolute Gasteiger partial charge is 0.240 e. The van der Waals surface area contributed by atoms with Gasteiger partial charge in [-0.05, 0) is 47.5 Å². The molecule has 4 atom stereocenters. The zero-order valence-corrected chi connectivity index (χ0v) is 19.8. The molecule has 7 heteroatoms. The number of carbonyl (C=O) groups excluding carboxylic acids is 3. The lowest BCUT2D eigenvalue weighted by Gasteiger charge is -2.35. The van der Waals surface area contributed by atoms with Crippen LogP contribution in [0.15, 0.2) is 79.0 Å². The molecular formula is C29H24N2O5. The Bertz CT molecular complexity index is 1420. The van der Waals surface area contributed by atoms with Gasteiger partial charge >= 0.3 is 0 Å². The van der Waals surface area contributed by atoms with Gasteiger partial charge in [0.2, 0.25) is 11.8 Å². The van der Waals surface area contributed by atoms with E-state index in [4.69, 9.17) is 9.47 Å². The van der Waals surface area contributed by atoms with Gasteiger partial charge in [-0.3, -0.25) is 14.4 Å². The van der Waals surface area contributed by atoms with Crippen molar-refractivity contribution in [2.75, 3.05) is 19.1 Å². The summed E-state index contributed by atoms with van der Waals surface area (Å²) in [6.45, 7) is 0. The van der Waals surface area contributed by atoms with Crippen molar-refractivity contribution >= 4 is 29.4 Å². The molecule has 36 heavy (non-hydrogen) atoms. The average Bonchev–Trinajstić information content (AvgIpc) is 3.40. The summed E-state index contributed by atoms with van der Waals surface area (Å²) < 4.78 is 10.7. The van der Waals surface area contributed by atoms with Gasteiger partial charge in [0.1, 0.15) is 6.04 Å². The summed E-state index contributed by atoms with van der Waals surface area (Å²) in [7, 11) is 3.04. The van der Waals surface area contributed by atoms with Gasteiger partial charge in [0.15, 0.2) is 17.3 Å². The summed E-state index contributed by atoms with van der Waals surface area (Å²) in [5.74, 6) is -1.45. The maximum absolute atomic E-state index is 14.1. The largest absolute Gasteiger partial charge is 0.493 e. The molecule has 3 aromatic carbocycles. The molecule has 7 nitrogen and oxygen atoms in total. The molecule has 2 amide bonds. The van der Waals surface area contributed by atoms with Crippen LogP contribution >= 0.6 is 0 Å². The number of fused-ring (bicyclic) bond motifs is 5. The summed E-state index contributed by atoms with van der Waals surface area (Å²) >= 11 is 0. The van der Waals surface area contributed by atoms with Crippen LogP contribution in [-0.2, 0) is 9.59 Å². The second-order valence-electron chi connectivity index (χ2n) is 9.11. The Morgan fingerprint density at radius 3 is 2.25 bits per heavy atom. The molecule has 6 rings (SSSR count). The fourth-order valence-corrected chi connectivity index (χ4v) is 5.85. The molecular weight excluding hydrogens is 456 g/mol. The van der Waals surface area contributed by atoms with Crippen LogP contribution in [0.1, 0.15) is 27.5 Å². The quantitative estimate of drug-likeness (QED) is 0.404. The fourth-order valence-electron chi connectivity index (χ4n) is 5.85. The Hall–Kier alpha value is -4.39. The van der Waals surface area contributed by atoms with Crippen LogP contribution in [0.3, 0.4) is 0 Å². The number of nitrogens with zero attached hydrogens (tertiary/aromatic N) is 2. The molecule has 0 saturated carbocycles. The van der Waals surface area contributed by atoms with Crippen LogP contribution in [0, 0.1) is 11.8 Å². The highest BCUT2D eigenvalue weighted by Crippen LogP contribution is 2.53. The van der Waals surface area contributed by atoms with Gasteiger partial charge < -0.3 is 14.4 Å². The minimum absolute atomic E-state index is 0.242. The Kier molecular flexibility index (Phi) is 5.14. The molecule has 3 aliphatic rings. The van der Waals surface area contributed by atoms with Gasteiger partial charge in [-0.1, -0.05) is 42.5 Å². The first kappa shape index (κ1) is 22.1. The third kappa shape index (κ3) is 3.09. The van der Waals surface area contributed by atoms with Gasteiger partial charge in [0, 0.05) is 11.8 Å². The van der Waals surface area contributed by atoms with E-state index >= 15 is 0 Å². The van der Waals surface area contributed by atoms with Gasteiger partial charge in [0.05, 0.1) is 37.8 Å². The molecule has 0 radical (unpaired) electrons. The van der Waals surface area contributed by atoms with Crippen LogP contribution in [0.4, 0.5) is 5.69 Å². The topological polar surface area (TPSA) is 76.2 Å². The number of hydrogen-bond acceptors (Lipinski definition) is 6. The first-order valence-electron chi connectivity index (χ1n) is 11.8. The lowest BCUT2D eigenvalue weighted by atomic mass is 9.83. The summed E-state index contributed by atoms with van der Waals surface area (Å²) in [6, 6.07) is 20.4. The summed E-state index contributed by atoms with van der Waals surface area (Å²) in [5.41, 5.74) is 2.83. The third-order valence-corrected chi connectivity index (χ3v) is 7.41. The number of Topliss-reactive ketones (excluding diaryl/α,β-unsaturated/α-hetero) is 1. The molecule has 0 aliphatic carbocycles. The number of carbonyl (C=O) groups is 3. The zero-order valence-electron chi connectivity index (χ0n) is 19.8. The van der Waals surface area contributed by atoms with Crippen molar-refractivity contribution in [2.24, 2.45) is 11.8 Å². The van der Waals surface area contributed by atoms with Gasteiger partial charge in [-0.15, -0.1) is 0 Å². The minimum atomic E-state index is -0.840. The van der Waals surface area contributed by atoms with E-state index in [1.807, 2.05) is 47.5 Å². The molecule has 2 fully saturated rings. The first-order chi connectivity index (χ1) is 17.5. The Morgan fingerprint density at radius 2 is 1.50 bits per heavy atom. The number of ether oxygens (including phenoxy) is 2. The molecule has 0 unspecified atom stereocenters. The van der Waals surface area contributed by atoms with E-state index in [9.17, 15) is 14.4 Å². The van der Waals surface area contributed by atoms with Crippen molar-refractivity contribution in [3.63, 3.8) is 0 Å². The normalized spacial score (nSPS) is 23.8. The summed E-state index contributed by atoms with van der Waals surface area (Å²) in [5, 5.41) is 0. The van der Waals surface area contributed by atoms with E-state index in [1.54, 1.807) is 42.5 Å². The summed E-state index contributed by atoms with van der Waals surface area (Å²) in [4.78, 5) is 45.0. The molecule has 2 saturated heterocycles. The predicted octanol–water partition coefficient (Wildman–Crippen LogP) is 4.10. The van der Waals surface area contributed by atoms with Crippen LogP contribution in [0.5, 0.6) is 11.5 Å². The Morgan fingerprint density at radius 1 is 0.806 bits per heavy atom. The van der Waals surface area contributed by atoms with Crippen molar-refractivity contribution in [3.8, 4) is 11.5 Å². The first-order valence-corrected chi connectivity index (χ1v) is 11.8. The van der Waals surface area contributed by atoms with Crippen LogP contribution in [0.2, 0.25) is 0 Å². The monoisotopic (exact) mass is 480 g/mol. The second kappa shape index (κ2) is 8.37. The average molecular weight is 481 g/mol. The van der Waals surface area contributed by atoms with E-state index in [0.29, 0.717) is 22.7 Å². The van der Waals surface area contributed by atoms with Gasteiger partial charge in [0.25, 0.3) is 0 Å². The number of imide groups is 1. The van der Waals surface area contributed by atoms with E-state index in [0.717, 1.165) is 11.1 Å². The highest BCUT2D eigenvalue weighted by Gasteiger charge is 2.64. The molecule has 180 valence electrons. The number of ketones is 1. The zero-order chi connectivity index (χ0) is 25.0. The number of rotatable bonds is 5.